The molecule has 0 spiro atoms. The van der Waals surface area contributed by atoms with Crippen LogP contribution in [0.15, 0.2) is 28.7 Å². The van der Waals surface area contributed by atoms with Crippen LogP contribution in [0.1, 0.15) is 13.3 Å². The van der Waals surface area contributed by atoms with Gasteiger partial charge in [-0.25, -0.2) is 0 Å². The van der Waals surface area contributed by atoms with Gasteiger partial charge in [0.2, 0.25) is 5.91 Å². The van der Waals surface area contributed by atoms with Gasteiger partial charge in [-0.2, -0.15) is 0 Å². The lowest BCUT2D eigenvalue weighted by atomic mass is 10.3. The van der Waals surface area contributed by atoms with Crippen molar-refractivity contribution in [1.29, 1.82) is 0 Å². The second-order valence-electron chi connectivity index (χ2n) is 3.87. The standard InChI is InChI=1S/C12H17BrN2O2/c1-9(16)5-6-14-8-12(17)15-11-4-2-3-10(13)7-11/h2-4,7,9,14,16H,5-6,8H2,1H3,(H,15,17). The van der Waals surface area contributed by atoms with Crippen LogP contribution in [0.2, 0.25) is 0 Å². The van der Waals surface area contributed by atoms with Gasteiger partial charge in [0.05, 0.1) is 12.6 Å². The minimum absolute atomic E-state index is 0.0892. The highest BCUT2D eigenvalue weighted by molar-refractivity contribution is 9.10. The fraction of sp³-hybridized carbons (Fsp3) is 0.417. The quantitative estimate of drug-likeness (QED) is 0.702. The summed E-state index contributed by atoms with van der Waals surface area (Å²) in [5.41, 5.74) is 0.765. The van der Waals surface area contributed by atoms with E-state index in [0.29, 0.717) is 13.0 Å². The minimum Gasteiger partial charge on any atom is -0.393 e. The molecule has 4 nitrogen and oxygen atoms in total. The van der Waals surface area contributed by atoms with Crippen LogP contribution >= 0.6 is 15.9 Å². The van der Waals surface area contributed by atoms with Crippen LogP contribution < -0.4 is 10.6 Å². The molecule has 0 aliphatic carbocycles. The number of anilines is 1. The topological polar surface area (TPSA) is 61.4 Å². The lowest BCUT2D eigenvalue weighted by molar-refractivity contribution is -0.115. The van der Waals surface area contributed by atoms with E-state index < -0.39 is 0 Å². The van der Waals surface area contributed by atoms with Crippen LogP contribution in [0.4, 0.5) is 5.69 Å². The number of nitrogens with one attached hydrogen (secondary N) is 2. The average Bonchev–Trinajstić information content (AvgIpc) is 2.24. The number of amides is 1. The van der Waals surface area contributed by atoms with Gasteiger partial charge in [-0.05, 0) is 38.1 Å². The molecule has 0 aliphatic heterocycles. The van der Waals surface area contributed by atoms with Crippen LogP contribution in [0.5, 0.6) is 0 Å². The van der Waals surface area contributed by atoms with Gasteiger partial charge >= 0.3 is 0 Å². The SMILES string of the molecule is CC(O)CCNCC(=O)Nc1cccc(Br)c1. The molecule has 0 radical (unpaired) electrons. The first-order chi connectivity index (χ1) is 8.08. The van der Waals surface area contributed by atoms with Gasteiger partial charge < -0.3 is 15.7 Å². The Morgan fingerprint density at radius 2 is 2.29 bits per heavy atom. The lowest BCUT2D eigenvalue weighted by Gasteiger charge is -2.08. The predicted octanol–water partition coefficient (Wildman–Crippen LogP) is 1.75. The van der Waals surface area contributed by atoms with Crippen molar-refractivity contribution in [2.75, 3.05) is 18.4 Å². The molecule has 1 rings (SSSR count). The number of hydrogen-bond acceptors (Lipinski definition) is 3. The highest BCUT2D eigenvalue weighted by atomic mass is 79.9. The summed E-state index contributed by atoms with van der Waals surface area (Å²) < 4.78 is 0.928. The summed E-state index contributed by atoms with van der Waals surface area (Å²) in [6, 6.07) is 7.43. The van der Waals surface area contributed by atoms with E-state index in [1.165, 1.54) is 0 Å². The van der Waals surface area contributed by atoms with Crippen LogP contribution in [-0.2, 0) is 4.79 Å². The van der Waals surface area contributed by atoms with Crippen molar-refractivity contribution in [1.82, 2.24) is 5.32 Å². The normalized spacial score (nSPS) is 12.2. The third kappa shape index (κ3) is 6.41. The number of benzene rings is 1. The summed E-state index contributed by atoms with van der Waals surface area (Å²) >= 11 is 3.34. The summed E-state index contributed by atoms with van der Waals surface area (Å²) in [5, 5.41) is 14.8. The zero-order chi connectivity index (χ0) is 12.7. The maximum absolute atomic E-state index is 11.5. The van der Waals surface area contributed by atoms with Crippen molar-refractivity contribution in [2.24, 2.45) is 0 Å². The van der Waals surface area contributed by atoms with Gasteiger partial charge in [-0.15, -0.1) is 0 Å². The van der Waals surface area contributed by atoms with Crippen molar-refractivity contribution in [3.05, 3.63) is 28.7 Å². The Morgan fingerprint density at radius 1 is 1.53 bits per heavy atom. The van der Waals surface area contributed by atoms with E-state index in [9.17, 15) is 4.79 Å². The van der Waals surface area contributed by atoms with Crippen LogP contribution in [0, 0.1) is 0 Å². The molecular formula is C12H17BrN2O2. The molecule has 0 bridgehead atoms. The average molecular weight is 301 g/mol. The van der Waals surface area contributed by atoms with Gasteiger partial charge in [-0.1, -0.05) is 22.0 Å². The Bertz CT molecular complexity index is 369. The van der Waals surface area contributed by atoms with E-state index in [4.69, 9.17) is 5.11 Å². The summed E-state index contributed by atoms with van der Waals surface area (Å²) in [6.45, 7) is 2.60. The van der Waals surface area contributed by atoms with Gasteiger partial charge in [0.15, 0.2) is 0 Å². The molecule has 1 aromatic rings. The summed E-state index contributed by atoms with van der Waals surface area (Å²) in [4.78, 5) is 11.5. The Kier molecular flexibility index (Phi) is 6.18. The maximum atomic E-state index is 11.5. The summed E-state index contributed by atoms with van der Waals surface area (Å²) in [6.07, 6.45) is 0.306. The van der Waals surface area contributed by atoms with Gasteiger partial charge in [-0.3, -0.25) is 4.79 Å². The Labute approximate surface area is 110 Å². The number of aliphatic hydroxyl groups is 1. The summed E-state index contributed by atoms with van der Waals surface area (Å²) in [7, 11) is 0. The Morgan fingerprint density at radius 3 is 2.94 bits per heavy atom. The highest BCUT2D eigenvalue weighted by Gasteiger charge is 2.02. The number of rotatable bonds is 6. The van der Waals surface area contributed by atoms with E-state index in [1.54, 1.807) is 6.92 Å². The first-order valence-electron chi connectivity index (χ1n) is 5.52. The molecule has 0 saturated carbocycles. The van der Waals surface area contributed by atoms with E-state index in [0.717, 1.165) is 10.2 Å². The second-order valence-corrected chi connectivity index (χ2v) is 4.79. The van der Waals surface area contributed by atoms with E-state index in [-0.39, 0.29) is 18.6 Å². The third-order valence-electron chi connectivity index (χ3n) is 2.13. The zero-order valence-corrected chi connectivity index (χ0v) is 11.3. The molecule has 3 N–H and O–H groups in total. The fourth-order valence-electron chi connectivity index (χ4n) is 1.28. The summed E-state index contributed by atoms with van der Waals surface area (Å²) in [5.74, 6) is -0.0892. The molecule has 1 unspecified atom stereocenters. The van der Waals surface area contributed by atoms with Gasteiger partial charge in [0.1, 0.15) is 0 Å². The molecule has 1 amide bonds. The monoisotopic (exact) mass is 300 g/mol. The first-order valence-corrected chi connectivity index (χ1v) is 6.31. The minimum atomic E-state index is -0.337. The van der Waals surface area contributed by atoms with E-state index in [2.05, 4.69) is 26.6 Å². The van der Waals surface area contributed by atoms with Crippen molar-refractivity contribution < 1.29 is 9.90 Å². The fourth-order valence-corrected chi connectivity index (χ4v) is 1.68. The molecule has 0 fully saturated rings. The first kappa shape index (κ1) is 14.2. The van der Waals surface area contributed by atoms with Gasteiger partial charge in [0.25, 0.3) is 0 Å². The number of halogens is 1. The Balaban J connectivity index is 2.25. The maximum Gasteiger partial charge on any atom is 0.238 e. The van der Waals surface area contributed by atoms with Crippen LogP contribution in [0.25, 0.3) is 0 Å². The molecular weight excluding hydrogens is 284 g/mol. The van der Waals surface area contributed by atoms with Crippen LogP contribution in [0.3, 0.4) is 0 Å². The predicted molar refractivity (Wildman–Crippen MR) is 71.9 cm³/mol. The second kappa shape index (κ2) is 7.42. The zero-order valence-electron chi connectivity index (χ0n) is 9.74. The number of aliphatic hydroxyl groups excluding tert-OH is 1. The molecule has 0 aromatic heterocycles. The van der Waals surface area contributed by atoms with Gasteiger partial charge in [0, 0.05) is 10.2 Å². The van der Waals surface area contributed by atoms with Crippen molar-refractivity contribution in [2.45, 2.75) is 19.4 Å². The molecule has 0 saturated heterocycles. The van der Waals surface area contributed by atoms with Crippen LogP contribution in [-0.4, -0.2) is 30.2 Å². The molecule has 1 atom stereocenters. The number of carbonyl (C=O) groups is 1. The molecule has 0 heterocycles. The number of hydrogen-bond donors (Lipinski definition) is 3. The Hall–Kier alpha value is -0.910. The molecule has 94 valence electrons. The van der Waals surface area contributed by atoms with E-state index in [1.807, 2.05) is 24.3 Å². The highest BCUT2D eigenvalue weighted by Crippen LogP contribution is 2.15. The van der Waals surface area contributed by atoms with Crippen molar-refractivity contribution >= 4 is 27.5 Å². The largest absolute Gasteiger partial charge is 0.393 e. The molecule has 1 aromatic carbocycles. The number of carbonyl (C=O) groups excluding carboxylic acids is 1. The smallest absolute Gasteiger partial charge is 0.238 e. The van der Waals surface area contributed by atoms with Crippen molar-refractivity contribution in [3.63, 3.8) is 0 Å². The van der Waals surface area contributed by atoms with E-state index >= 15 is 0 Å². The molecule has 5 heteroatoms. The molecule has 17 heavy (non-hydrogen) atoms. The lowest BCUT2D eigenvalue weighted by Crippen LogP contribution is -2.29. The molecule has 0 aliphatic rings. The van der Waals surface area contributed by atoms with Crippen molar-refractivity contribution in [3.8, 4) is 0 Å². The third-order valence-corrected chi connectivity index (χ3v) is 2.63.